The lowest BCUT2D eigenvalue weighted by Crippen LogP contribution is -2.36. The molecule has 1 fully saturated rings. The zero-order valence-corrected chi connectivity index (χ0v) is 11.9. The monoisotopic (exact) mass is 267 g/mol. The van der Waals surface area contributed by atoms with Crippen LogP contribution in [0.3, 0.4) is 0 Å². The van der Waals surface area contributed by atoms with Crippen molar-refractivity contribution in [1.82, 2.24) is 10.1 Å². The first kappa shape index (κ1) is 14.5. The molecule has 1 aliphatic carbocycles. The van der Waals surface area contributed by atoms with Gasteiger partial charge in [-0.2, -0.15) is 4.98 Å². The van der Waals surface area contributed by atoms with E-state index in [4.69, 9.17) is 10.3 Å². The average molecular weight is 267 g/mol. The first-order valence-electron chi connectivity index (χ1n) is 7.29. The predicted octanol–water partition coefficient (Wildman–Crippen LogP) is 2.01. The Kier molecular flexibility index (Phi) is 4.58. The van der Waals surface area contributed by atoms with Gasteiger partial charge >= 0.3 is 0 Å². The van der Waals surface area contributed by atoms with Gasteiger partial charge in [0.15, 0.2) is 5.82 Å². The molecule has 0 aliphatic heterocycles. The minimum Gasteiger partial charge on any atom is -0.388 e. The highest BCUT2D eigenvalue weighted by Gasteiger charge is 2.28. The van der Waals surface area contributed by atoms with Crippen molar-refractivity contribution in [2.24, 2.45) is 11.7 Å². The number of hydrogen-bond acceptors (Lipinski definition) is 5. The second-order valence-electron chi connectivity index (χ2n) is 6.06. The standard InChI is InChI=1S/C14H25N3O2/c1-3-10-5-4-6-11(7-10)13-16-12(19-17-13)8-14(2,18)9-15/h10-11,18H,3-9,15H2,1-2H3. The Balaban J connectivity index is 2.00. The minimum atomic E-state index is -0.970. The van der Waals surface area contributed by atoms with E-state index in [2.05, 4.69) is 17.1 Å². The maximum absolute atomic E-state index is 9.92. The fraction of sp³-hybridized carbons (Fsp3) is 0.857. The Morgan fingerprint density at radius 2 is 2.26 bits per heavy atom. The number of aromatic nitrogens is 2. The van der Waals surface area contributed by atoms with Crippen LogP contribution in [0.5, 0.6) is 0 Å². The van der Waals surface area contributed by atoms with Crippen LogP contribution in [0, 0.1) is 5.92 Å². The van der Waals surface area contributed by atoms with Crippen LogP contribution in [-0.4, -0.2) is 27.4 Å². The smallest absolute Gasteiger partial charge is 0.229 e. The van der Waals surface area contributed by atoms with Gasteiger partial charge in [-0.15, -0.1) is 0 Å². The molecule has 1 aromatic heterocycles. The maximum atomic E-state index is 9.92. The van der Waals surface area contributed by atoms with Crippen LogP contribution in [0.1, 0.15) is 63.6 Å². The molecule has 5 heteroatoms. The van der Waals surface area contributed by atoms with E-state index < -0.39 is 5.60 Å². The number of rotatable bonds is 5. The summed E-state index contributed by atoms with van der Waals surface area (Å²) < 4.78 is 5.25. The molecule has 19 heavy (non-hydrogen) atoms. The van der Waals surface area contributed by atoms with Crippen LogP contribution >= 0.6 is 0 Å². The molecular weight excluding hydrogens is 242 g/mol. The third kappa shape index (κ3) is 3.76. The molecule has 1 aliphatic rings. The molecule has 0 saturated heterocycles. The Hall–Kier alpha value is -0.940. The minimum absolute atomic E-state index is 0.187. The largest absolute Gasteiger partial charge is 0.388 e. The first-order chi connectivity index (χ1) is 9.04. The number of hydrogen-bond donors (Lipinski definition) is 2. The van der Waals surface area contributed by atoms with E-state index >= 15 is 0 Å². The van der Waals surface area contributed by atoms with Gasteiger partial charge in [-0.05, 0) is 25.7 Å². The van der Waals surface area contributed by atoms with Gasteiger partial charge in [-0.1, -0.05) is 31.3 Å². The van der Waals surface area contributed by atoms with Crippen LogP contribution < -0.4 is 5.73 Å². The van der Waals surface area contributed by atoms with Gasteiger partial charge in [0.05, 0.1) is 12.0 Å². The van der Waals surface area contributed by atoms with Crippen molar-refractivity contribution in [2.45, 2.75) is 63.9 Å². The highest BCUT2D eigenvalue weighted by Crippen LogP contribution is 2.36. The molecule has 0 aromatic carbocycles. The van der Waals surface area contributed by atoms with Gasteiger partial charge in [0.1, 0.15) is 0 Å². The summed E-state index contributed by atoms with van der Waals surface area (Å²) in [6.07, 6.45) is 6.40. The predicted molar refractivity (Wildman–Crippen MR) is 72.7 cm³/mol. The van der Waals surface area contributed by atoms with Crippen LogP contribution in [0.4, 0.5) is 0 Å². The van der Waals surface area contributed by atoms with Gasteiger partial charge in [0, 0.05) is 12.5 Å². The SMILES string of the molecule is CCC1CCCC(c2noc(CC(C)(O)CN)n2)C1. The Labute approximate surface area is 114 Å². The Bertz CT molecular complexity index is 403. The second kappa shape index (κ2) is 6.01. The summed E-state index contributed by atoms with van der Waals surface area (Å²) in [4.78, 5) is 4.44. The molecule has 0 amide bonds. The van der Waals surface area contributed by atoms with Gasteiger partial charge in [0.2, 0.25) is 5.89 Å². The third-order valence-corrected chi connectivity index (χ3v) is 4.18. The summed E-state index contributed by atoms with van der Waals surface area (Å²) in [5, 5.41) is 14.0. The fourth-order valence-corrected chi connectivity index (χ4v) is 2.80. The maximum Gasteiger partial charge on any atom is 0.229 e. The molecule has 0 radical (unpaired) electrons. The molecule has 1 aromatic rings. The number of nitrogens with two attached hydrogens (primary N) is 1. The summed E-state index contributed by atoms with van der Waals surface area (Å²) in [5.74, 6) is 2.50. The lowest BCUT2D eigenvalue weighted by atomic mass is 9.80. The Morgan fingerprint density at radius 1 is 1.47 bits per heavy atom. The van der Waals surface area contributed by atoms with Gasteiger partial charge in [0.25, 0.3) is 0 Å². The normalized spacial score (nSPS) is 27.2. The quantitative estimate of drug-likeness (QED) is 0.852. The van der Waals surface area contributed by atoms with Crippen molar-refractivity contribution in [3.63, 3.8) is 0 Å². The van der Waals surface area contributed by atoms with E-state index in [1.165, 1.54) is 19.3 Å². The molecule has 108 valence electrons. The fourth-order valence-electron chi connectivity index (χ4n) is 2.80. The average Bonchev–Trinajstić information content (AvgIpc) is 2.86. The molecule has 2 rings (SSSR count). The molecule has 0 bridgehead atoms. The molecule has 1 saturated carbocycles. The number of aliphatic hydroxyl groups is 1. The van der Waals surface area contributed by atoms with Crippen molar-refractivity contribution in [3.05, 3.63) is 11.7 Å². The lowest BCUT2D eigenvalue weighted by Gasteiger charge is -2.26. The van der Waals surface area contributed by atoms with Gasteiger partial charge in [-0.25, -0.2) is 0 Å². The highest BCUT2D eigenvalue weighted by molar-refractivity contribution is 5.00. The van der Waals surface area contributed by atoms with Crippen LogP contribution in [-0.2, 0) is 6.42 Å². The topological polar surface area (TPSA) is 85.2 Å². The van der Waals surface area contributed by atoms with Crippen molar-refractivity contribution in [3.8, 4) is 0 Å². The van der Waals surface area contributed by atoms with Crippen molar-refractivity contribution in [2.75, 3.05) is 6.54 Å². The summed E-state index contributed by atoms with van der Waals surface area (Å²) in [5.41, 5.74) is 4.53. The second-order valence-corrected chi connectivity index (χ2v) is 6.06. The summed E-state index contributed by atoms with van der Waals surface area (Å²) in [6, 6.07) is 0. The van der Waals surface area contributed by atoms with E-state index in [0.717, 1.165) is 24.6 Å². The Morgan fingerprint density at radius 3 is 2.95 bits per heavy atom. The van der Waals surface area contributed by atoms with Gasteiger partial charge in [-0.3, -0.25) is 0 Å². The van der Waals surface area contributed by atoms with Gasteiger partial charge < -0.3 is 15.4 Å². The molecule has 3 unspecified atom stereocenters. The summed E-state index contributed by atoms with van der Waals surface area (Å²) >= 11 is 0. The lowest BCUT2D eigenvalue weighted by molar-refractivity contribution is 0.0610. The molecule has 0 spiro atoms. The molecule has 1 heterocycles. The van der Waals surface area contributed by atoms with Crippen molar-refractivity contribution in [1.29, 1.82) is 0 Å². The van der Waals surface area contributed by atoms with Crippen LogP contribution in [0.15, 0.2) is 4.52 Å². The van der Waals surface area contributed by atoms with Crippen LogP contribution in [0.2, 0.25) is 0 Å². The zero-order valence-electron chi connectivity index (χ0n) is 11.9. The van der Waals surface area contributed by atoms with E-state index in [-0.39, 0.29) is 6.54 Å². The molecule has 5 nitrogen and oxygen atoms in total. The molecular formula is C14H25N3O2. The highest BCUT2D eigenvalue weighted by atomic mass is 16.5. The third-order valence-electron chi connectivity index (χ3n) is 4.18. The molecule has 3 N–H and O–H groups in total. The van der Waals surface area contributed by atoms with Crippen molar-refractivity contribution >= 4 is 0 Å². The first-order valence-corrected chi connectivity index (χ1v) is 7.29. The van der Waals surface area contributed by atoms with E-state index in [1.807, 2.05) is 0 Å². The van der Waals surface area contributed by atoms with E-state index in [1.54, 1.807) is 6.92 Å². The zero-order chi connectivity index (χ0) is 13.9. The number of nitrogens with zero attached hydrogens (tertiary/aromatic N) is 2. The van der Waals surface area contributed by atoms with E-state index in [9.17, 15) is 5.11 Å². The summed E-state index contributed by atoms with van der Waals surface area (Å²) in [6.45, 7) is 4.11. The summed E-state index contributed by atoms with van der Waals surface area (Å²) in [7, 11) is 0. The van der Waals surface area contributed by atoms with Crippen LogP contribution in [0.25, 0.3) is 0 Å². The molecule has 3 atom stereocenters. The van der Waals surface area contributed by atoms with Crippen molar-refractivity contribution < 1.29 is 9.63 Å². The van der Waals surface area contributed by atoms with E-state index in [0.29, 0.717) is 18.2 Å².